The van der Waals surface area contributed by atoms with Crippen molar-refractivity contribution in [3.8, 4) is 0 Å². The van der Waals surface area contributed by atoms with Crippen LogP contribution >= 0.6 is 11.3 Å². The molecule has 0 N–H and O–H groups in total. The van der Waals surface area contributed by atoms with Crippen molar-refractivity contribution in [3.05, 3.63) is 21.9 Å². The molecule has 2 heteroatoms. The van der Waals surface area contributed by atoms with Crippen LogP contribution < -0.4 is 0 Å². The summed E-state index contributed by atoms with van der Waals surface area (Å²) in [5.74, 6) is 1.06. The topological polar surface area (TPSA) is 12.4 Å². The van der Waals surface area contributed by atoms with Crippen molar-refractivity contribution in [3.63, 3.8) is 0 Å². The monoisotopic (exact) mass is 205 g/mol. The van der Waals surface area contributed by atoms with Gasteiger partial charge in [0.1, 0.15) is 0 Å². The molecule has 1 aliphatic heterocycles. The van der Waals surface area contributed by atoms with Crippen LogP contribution in [0.3, 0.4) is 0 Å². The average Bonchev–Trinajstić information content (AvgIpc) is 2.48. The minimum absolute atomic E-state index is 0.456. The minimum Gasteiger partial charge on any atom is -0.259 e. The number of fused-ring (bicyclic) bond motifs is 1. The fourth-order valence-electron chi connectivity index (χ4n) is 1.41. The molecule has 2 heterocycles. The maximum atomic E-state index is 4.49. The zero-order chi connectivity index (χ0) is 10.1. The molecule has 0 aromatic carbocycles. The largest absolute Gasteiger partial charge is 0.259 e. The molecule has 0 radical (unpaired) electrons. The summed E-state index contributed by atoms with van der Waals surface area (Å²) in [5, 5.41) is 0. The Morgan fingerprint density at radius 3 is 2.93 bits per heavy atom. The molecule has 0 aliphatic carbocycles. The van der Waals surface area contributed by atoms with Crippen LogP contribution in [0.1, 0.15) is 36.4 Å². The molecule has 1 aromatic heterocycles. The van der Waals surface area contributed by atoms with E-state index >= 15 is 0 Å². The zero-order valence-corrected chi connectivity index (χ0v) is 9.64. The van der Waals surface area contributed by atoms with Crippen molar-refractivity contribution in [2.45, 2.75) is 26.7 Å². The van der Waals surface area contributed by atoms with Crippen molar-refractivity contribution in [2.75, 3.05) is 0 Å². The highest BCUT2D eigenvalue weighted by Crippen LogP contribution is 2.36. The van der Waals surface area contributed by atoms with Crippen molar-refractivity contribution in [1.82, 2.24) is 0 Å². The number of hydrogen-bond acceptors (Lipinski definition) is 2. The lowest BCUT2D eigenvalue weighted by Gasteiger charge is -1.97. The molecule has 0 saturated carbocycles. The highest BCUT2D eigenvalue weighted by Gasteiger charge is 2.10. The van der Waals surface area contributed by atoms with Gasteiger partial charge in [0.25, 0.3) is 0 Å². The second kappa shape index (κ2) is 3.70. The van der Waals surface area contributed by atoms with Crippen molar-refractivity contribution in [2.24, 2.45) is 10.9 Å². The molecule has 0 amide bonds. The highest BCUT2D eigenvalue weighted by atomic mass is 32.1. The smallest absolute Gasteiger partial charge is 0.0808 e. The molecule has 2 rings (SSSR count). The van der Waals surface area contributed by atoms with Crippen LogP contribution in [0, 0.1) is 5.92 Å². The van der Waals surface area contributed by atoms with Gasteiger partial charge in [-0.25, -0.2) is 0 Å². The van der Waals surface area contributed by atoms with E-state index in [0.717, 1.165) is 5.69 Å². The van der Waals surface area contributed by atoms with Crippen molar-refractivity contribution < 1.29 is 0 Å². The second-order valence-corrected chi connectivity index (χ2v) is 5.16. The third-order valence-electron chi connectivity index (χ3n) is 2.33. The number of allylic oxidation sites excluding steroid dienone is 1. The first-order valence-corrected chi connectivity index (χ1v) is 5.84. The predicted octanol–water partition coefficient (Wildman–Crippen LogP) is 4.24. The maximum absolute atomic E-state index is 4.49. The number of thiophene rings is 1. The van der Waals surface area contributed by atoms with Crippen LogP contribution in [0.4, 0.5) is 5.69 Å². The summed E-state index contributed by atoms with van der Waals surface area (Å²) >= 11 is 1.86. The molecule has 1 aliphatic rings. The molecule has 1 aromatic rings. The van der Waals surface area contributed by atoms with Gasteiger partial charge in [-0.05, 0) is 18.1 Å². The molecule has 14 heavy (non-hydrogen) atoms. The van der Waals surface area contributed by atoms with Crippen LogP contribution in [0.15, 0.2) is 17.1 Å². The first-order valence-electron chi connectivity index (χ1n) is 5.03. The van der Waals surface area contributed by atoms with Gasteiger partial charge >= 0.3 is 0 Å². The summed E-state index contributed by atoms with van der Waals surface area (Å²) in [6.07, 6.45) is 6.42. The van der Waals surface area contributed by atoms with Crippen LogP contribution in [0.5, 0.6) is 0 Å². The van der Waals surface area contributed by atoms with E-state index < -0.39 is 0 Å². The van der Waals surface area contributed by atoms with E-state index in [4.69, 9.17) is 0 Å². The molecule has 1 atom stereocenters. The normalized spacial score (nSPS) is 19.9. The van der Waals surface area contributed by atoms with Gasteiger partial charge in [-0.2, -0.15) is 0 Å². The maximum Gasteiger partial charge on any atom is 0.0808 e. The molecular weight excluding hydrogens is 190 g/mol. The second-order valence-electron chi connectivity index (χ2n) is 4.05. The van der Waals surface area contributed by atoms with E-state index in [0.29, 0.717) is 11.8 Å². The Balaban J connectivity index is 2.41. The predicted molar refractivity (Wildman–Crippen MR) is 64.8 cm³/mol. The lowest BCUT2D eigenvalue weighted by molar-refractivity contribution is 0.890. The number of aliphatic imine (C=N–C) groups is 1. The van der Waals surface area contributed by atoms with E-state index in [-0.39, 0.29) is 0 Å². The van der Waals surface area contributed by atoms with E-state index in [9.17, 15) is 0 Å². The summed E-state index contributed by atoms with van der Waals surface area (Å²) < 4.78 is 0. The summed E-state index contributed by atoms with van der Waals surface area (Å²) in [7, 11) is 0. The molecule has 0 spiro atoms. The molecule has 0 fully saturated rings. The van der Waals surface area contributed by atoms with Gasteiger partial charge in [-0.1, -0.05) is 26.8 Å². The number of rotatable bonds is 1. The van der Waals surface area contributed by atoms with E-state index in [1.807, 2.05) is 17.6 Å². The van der Waals surface area contributed by atoms with E-state index in [2.05, 4.69) is 44.0 Å². The average molecular weight is 205 g/mol. The standard InChI is InChI=1S/C12H15NS/c1-8(2)12-6-10-11(14-12)5-4-9(3)7-13-10/h4-9H,1-3H3. The van der Waals surface area contributed by atoms with Crippen LogP contribution in [0.25, 0.3) is 6.08 Å². The van der Waals surface area contributed by atoms with Gasteiger partial charge < -0.3 is 0 Å². The summed E-state index contributed by atoms with van der Waals surface area (Å²) in [4.78, 5) is 7.22. The molecular formula is C12H15NS. The highest BCUT2D eigenvalue weighted by molar-refractivity contribution is 7.13. The van der Waals surface area contributed by atoms with Gasteiger partial charge in [0.15, 0.2) is 0 Å². The van der Waals surface area contributed by atoms with Crippen LogP contribution in [-0.2, 0) is 0 Å². The Morgan fingerprint density at radius 1 is 1.43 bits per heavy atom. The van der Waals surface area contributed by atoms with E-state index in [1.54, 1.807) is 0 Å². The Hall–Kier alpha value is -0.890. The van der Waals surface area contributed by atoms with E-state index in [1.165, 1.54) is 9.75 Å². The van der Waals surface area contributed by atoms with Gasteiger partial charge in [0.05, 0.1) is 10.6 Å². The van der Waals surface area contributed by atoms with Gasteiger partial charge in [0.2, 0.25) is 0 Å². The third kappa shape index (κ3) is 1.80. The molecule has 74 valence electrons. The number of hydrogen-bond donors (Lipinski definition) is 0. The van der Waals surface area contributed by atoms with Crippen LogP contribution in [0.2, 0.25) is 0 Å². The molecule has 1 nitrogen and oxygen atoms in total. The SMILES string of the molecule is CC1C=Cc2sc(C(C)C)cc2N=C1. The molecule has 1 unspecified atom stereocenters. The summed E-state index contributed by atoms with van der Waals surface area (Å²) in [6, 6.07) is 2.21. The summed E-state index contributed by atoms with van der Waals surface area (Å²) in [6.45, 7) is 6.60. The first-order chi connectivity index (χ1) is 6.66. The Morgan fingerprint density at radius 2 is 2.21 bits per heavy atom. The van der Waals surface area contributed by atoms with Crippen LogP contribution in [-0.4, -0.2) is 6.21 Å². The lowest BCUT2D eigenvalue weighted by atomic mass is 10.2. The fraction of sp³-hybridized carbons (Fsp3) is 0.417. The van der Waals surface area contributed by atoms with Gasteiger partial charge in [-0.15, -0.1) is 11.3 Å². The Labute approximate surface area is 89.2 Å². The lowest BCUT2D eigenvalue weighted by Crippen LogP contribution is -1.86. The Bertz CT molecular complexity index is 354. The van der Waals surface area contributed by atoms with Gasteiger partial charge in [0, 0.05) is 17.0 Å². The molecule has 0 saturated heterocycles. The van der Waals surface area contributed by atoms with Crippen molar-refractivity contribution >= 4 is 29.3 Å². The number of nitrogens with zero attached hydrogens (tertiary/aromatic N) is 1. The first kappa shape index (κ1) is 9.66. The summed E-state index contributed by atoms with van der Waals surface area (Å²) in [5.41, 5.74) is 1.14. The Kier molecular flexibility index (Phi) is 2.55. The minimum atomic E-state index is 0.456. The molecule has 0 bridgehead atoms. The van der Waals surface area contributed by atoms with Gasteiger partial charge in [-0.3, -0.25) is 4.99 Å². The fourth-order valence-corrected chi connectivity index (χ4v) is 2.43. The third-order valence-corrected chi connectivity index (χ3v) is 3.72. The van der Waals surface area contributed by atoms with Crippen molar-refractivity contribution in [1.29, 1.82) is 0 Å². The zero-order valence-electron chi connectivity index (χ0n) is 8.82. The quantitative estimate of drug-likeness (QED) is 0.650.